The summed E-state index contributed by atoms with van der Waals surface area (Å²) in [5, 5.41) is 9.20. The zero-order valence-electron chi connectivity index (χ0n) is 12.4. The molecule has 1 aromatic carbocycles. The number of rotatable bonds is 5. The van der Waals surface area contributed by atoms with E-state index in [0.29, 0.717) is 28.0 Å². The lowest BCUT2D eigenvalue weighted by molar-refractivity contribution is -0.125. The molecule has 2 aromatic rings. The summed E-state index contributed by atoms with van der Waals surface area (Å²) in [6.07, 6.45) is -0.402. The van der Waals surface area contributed by atoms with Crippen LogP contribution in [0.2, 0.25) is 5.02 Å². The Morgan fingerprint density at radius 1 is 1.42 bits per heavy atom. The van der Waals surface area contributed by atoms with E-state index >= 15 is 0 Å². The number of nitrogens with two attached hydrogens (primary N) is 1. The Balaban J connectivity index is 1.61. The maximum Gasteiger partial charge on any atom is 0.270 e. The highest BCUT2D eigenvalue weighted by atomic mass is 35.5. The van der Waals surface area contributed by atoms with E-state index in [1.807, 2.05) is 18.2 Å². The highest BCUT2D eigenvalue weighted by Crippen LogP contribution is 2.24. The second kappa shape index (κ2) is 6.98. The van der Waals surface area contributed by atoms with Crippen LogP contribution in [0.3, 0.4) is 0 Å². The molecule has 7 nitrogen and oxygen atoms in total. The van der Waals surface area contributed by atoms with Crippen molar-refractivity contribution in [2.75, 3.05) is 5.32 Å². The van der Waals surface area contributed by atoms with Crippen molar-refractivity contribution < 1.29 is 14.4 Å². The molecule has 0 saturated carbocycles. The molecule has 3 rings (SSSR count). The molecule has 9 heteroatoms. The number of aromatic nitrogens is 1. The summed E-state index contributed by atoms with van der Waals surface area (Å²) in [6.45, 7) is 0. The van der Waals surface area contributed by atoms with Gasteiger partial charge in [0.1, 0.15) is 0 Å². The number of anilines is 1. The molecule has 0 aliphatic carbocycles. The van der Waals surface area contributed by atoms with Gasteiger partial charge in [0.25, 0.3) is 5.91 Å². The van der Waals surface area contributed by atoms with E-state index in [4.69, 9.17) is 22.2 Å². The summed E-state index contributed by atoms with van der Waals surface area (Å²) in [6, 6.07) is 7.23. The van der Waals surface area contributed by atoms with Crippen molar-refractivity contribution in [1.29, 1.82) is 0 Å². The molecular weight excluding hydrogens is 352 g/mol. The Morgan fingerprint density at radius 2 is 2.21 bits per heavy atom. The molecule has 24 heavy (non-hydrogen) atoms. The van der Waals surface area contributed by atoms with Crippen LogP contribution in [-0.4, -0.2) is 28.6 Å². The first-order valence-corrected chi connectivity index (χ1v) is 8.30. The highest BCUT2D eigenvalue weighted by molar-refractivity contribution is 7.13. The van der Waals surface area contributed by atoms with Crippen molar-refractivity contribution in [1.82, 2.24) is 4.98 Å². The van der Waals surface area contributed by atoms with Crippen LogP contribution in [0.25, 0.3) is 0 Å². The predicted molar refractivity (Wildman–Crippen MR) is 91.1 cm³/mol. The first-order valence-electron chi connectivity index (χ1n) is 7.04. The number of hydrogen-bond donors (Lipinski definition) is 2. The van der Waals surface area contributed by atoms with Gasteiger partial charge in [-0.25, -0.2) is 4.98 Å². The number of hydrogen-bond acceptors (Lipinski definition) is 6. The van der Waals surface area contributed by atoms with E-state index in [9.17, 15) is 9.59 Å². The second-order valence-electron chi connectivity index (χ2n) is 5.09. The predicted octanol–water partition coefficient (Wildman–Crippen LogP) is 1.96. The monoisotopic (exact) mass is 364 g/mol. The van der Waals surface area contributed by atoms with Gasteiger partial charge in [-0.15, -0.1) is 11.3 Å². The molecule has 1 aromatic heterocycles. The maximum atomic E-state index is 12.2. The number of carbonyl (C=O) groups excluding carboxylic acids is 2. The summed E-state index contributed by atoms with van der Waals surface area (Å²) in [7, 11) is 0. The van der Waals surface area contributed by atoms with E-state index in [0.717, 1.165) is 5.56 Å². The number of nitrogens with zero attached hydrogens (tertiary/aromatic N) is 2. The fraction of sp³-hybridized carbons (Fsp3) is 0.200. The molecule has 0 saturated heterocycles. The Bertz CT molecular complexity index is 821. The number of halogens is 1. The lowest BCUT2D eigenvalue weighted by Gasteiger charge is -2.07. The lowest BCUT2D eigenvalue weighted by atomic mass is 10.0. The fourth-order valence-corrected chi connectivity index (χ4v) is 3.14. The fourth-order valence-electron chi connectivity index (χ4n) is 2.18. The second-order valence-corrected chi connectivity index (χ2v) is 6.36. The number of oxime groups is 1. The van der Waals surface area contributed by atoms with Crippen LogP contribution in [0, 0.1) is 0 Å². The lowest BCUT2D eigenvalue weighted by Crippen LogP contribution is -2.28. The van der Waals surface area contributed by atoms with Gasteiger partial charge in [-0.3, -0.25) is 14.9 Å². The molecule has 124 valence electrons. The molecule has 1 aliphatic rings. The van der Waals surface area contributed by atoms with Crippen LogP contribution in [0.4, 0.5) is 5.13 Å². The Labute approximate surface area is 146 Å². The standard InChI is InChI=1S/C15H13ClN4O3S/c16-10-4-2-1-3-9(10)11-6-12(23-20-11)14(22)19-15-18-8(7-24-15)5-13(17)21/h1-4,7,12H,5-6H2,(H2,17,21)(H,18,19,22)/t12-/m1/s1. The summed E-state index contributed by atoms with van der Waals surface area (Å²) in [5.74, 6) is -0.837. The van der Waals surface area contributed by atoms with Crippen LogP contribution >= 0.6 is 22.9 Å². The van der Waals surface area contributed by atoms with Crippen molar-refractivity contribution in [3.63, 3.8) is 0 Å². The Hall–Kier alpha value is -2.45. The molecule has 0 radical (unpaired) electrons. The van der Waals surface area contributed by atoms with Crippen LogP contribution in [0.15, 0.2) is 34.8 Å². The van der Waals surface area contributed by atoms with Crippen LogP contribution in [0.5, 0.6) is 0 Å². The van der Waals surface area contributed by atoms with E-state index in [1.165, 1.54) is 11.3 Å². The molecule has 0 fully saturated rings. The Morgan fingerprint density at radius 3 is 2.96 bits per heavy atom. The first-order chi connectivity index (χ1) is 11.5. The minimum absolute atomic E-state index is 0.0338. The van der Waals surface area contributed by atoms with Crippen LogP contribution in [-0.2, 0) is 20.8 Å². The third-order valence-electron chi connectivity index (χ3n) is 3.28. The topological polar surface area (TPSA) is 107 Å². The van der Waals surface area contributed by atoms with E-state index in [1.54, 1.807) is 11.4 Å². The number of primary amides is 1. The molecule has 1 atom stereocenters. The van der Waals surface area contributed by atoms with Gasteiger partial charge in [0.2, 0.25) is 12.0 Å². The zero-order chi connectivity index (χ0) is 17.1. The van der Waals surface area contributed by atoms with Gasteiger partial charge >= 0.3 is 0 Å². The molecule has 0 spiro atoms. The Kier molecular flexibility index (Phi) is 4.77. The van der Waals surface area contributed by atoms with Crippen molar-refractivity contribution in [3.05, 3.63) is 45.9 Å². The average molecular weight is 365 g/mol. The van der Waals surface area contributed by atoms with Gasteiger partial charge in [-0.1, -0.05) is 35.0 Å². The van der Waals surface area contributed by atoms with Gasteiger partial charge in [0.05, 0.1) is 17.8 Å². The van der Waals surface area contributed by atoms with Gasteiger partial charge in [0, 0.05) is 22.4 Å². The van der Waals surface area contributed by atoms with Crippen molar-refractivity contribution in [2.45, 2.75) is 18.9 Å². The van der Waals surface area contributed by atoms with Gasteiger partial charge in [-0.2, -0.15) is 0 Å². The van der Waals surface area contributed by atoms with Crippen LogP contribution < -0.4 is 11.1 Å². The largest absolute Gasteiger partial charge is 0.382 e. The van der Waals surface area contributed by atoms with Crippen LogP contribution in [0.1, 0.15) is 17.7 Å². The third kappa shape index (κ3) is 3.72. The SMILES string of the molecule is NC(=O)Cc1csc(NC(=O)[C@H]2CC(c3ccccc3Cl)=NO2)n1. The molecular formula is C15H13ClN4O3S. The molecule has 2 amide bonds. The molecule has 2 heterocycles. The van der Waals surface area contributed by atoms with Crippen molar-refractivity contribution in [2.24, 2.45) is 10.9 Å². The number of benzene rings is 1. The maximum absolute atomic E-state index is 12.2. The van der Waals surface area contributed by atoms with Gasteiger partial charge in [-0.05, 0) is 6.07 Å². The van der Waals surface area contributed by atoms with Gasteiger partial charge in [0.15, 0.2) is 5.13 Å². The van der Waals surface area contributed by atoms with E-state index in [2.05, 4.69) is 15.5 Å². The summed E-state index contributed by atoms with van der Waals surface area (Å²) in [5.41, 5.74) is 6.99. The summed E-state index contributed by atoms with van der Waals surface area (Å²) >= 11 is 7.34. The van der Waals surface area contributed by atoms with E-state index < -0.39 is 12.0 Å². The van der Waals surface area contributed by atoms with Crippen molar-refractivity contribution >= 4 is 45.6 Å². The number of nitrogens with one attached hydrogen (secondary N) is 1. The highest BCUT2D eigenvalue weighted by Gasteiger charge is 2.30. The average Bonchev–Trinajstić information content (AvgIpc) is 3.17. The summed E-state index contributed by atoms with van der Waals surface area (Å²) in [4.78, 5) is 32.4. The number of thiazole rings is 1. The smallest absolute Gasteiger partial charge is 0.270 e. The van der Waals surface area contributed by atoms with E-state index in [-0.39, 0.29) is 12.3 Å². The summed E-state index contributed by atoms with van der Waals surface area (Å²) < 4.78 is 0. The minimum atomic E-state index is -0.750. The first kappa shape index (κ1) is 16.4. The number of carbonyl (C=O) groups is 2. The quantitative estimate of drug-likeness (QED) is 0.845. The third-order valence-corrected chi connectivity index (χ3v) is 4.42. The molecule has 3 N–H and O–H groups in total. The zero-order valence-corrected chi connectivity index (χ0v) is 13.9. The minimum Gasteiger partial charge on any atom is -0.382 e. The molecule has 0 bridgehead atoms. The van der Waals surface area contributed by atoms with Gasteiger partial charge < -0.3 is 10.6 Å². The normalized spacial score (nSPS) is 16.4. The number of amides is 2. The molecule has 1 aliphatic heterocycles. The van der Waals surface area contributed by atoms with Crippen molar-refractivity contribution in [3.8, 4) is 0 Å². The molecule has 0 unspecified atom stereocenters.